The molecule has 0 aliphatic carbocycles. The molecule has 0 saturated heterocycles. The van der Waals surface area contributed by atoms with E-state index < -0.39 is 34.4 Å². The van der Waals surface area contributed by atoms with Crippen molar-refractivity contribution in [1.82, 2.24) is 4.31 Å². The van der Waals surface area contributed by atoms with E-state index in [-0.39, 0.29) is 0 Å². The van der Waals surface area contributed by atoms with Gasteiger partial charge in [-0.25, -0.2) is 8.42 Å². The zero-order valence-electron chi connectivity index (χ0n) is 8.76. The van der Waals surface area contributed by atoms with Crippen molar-refractivity contribution in [2.75, 3.05) is 20.4 Å². The number of sulfonamides is 1. The number of nitrogens with zero attached hydrogens (tertiary/aromatic N) is 1. The summed E-state index contributed by atoms with van der Waals surface area (Å²) in [6.45, 7) is 0. The van der Waals surface area contributed by atoms with Gasteiger partial charge in [-0.15, -0.1) is 0 Å². The molecule has 0 fully saturated rings. The second kappa shape index (κ2) is 5.08. The summed E-state index contributed by atoms with van der Waals surface area (Å²) < 4.78 is 27.4. The van der Waals surface area contributed by atoms with E-state index in [9.17, 15) is 18.0 Å². The van der Waals surface area contributed by atoms with Gasteiger partial charge in [-0.1, -0.05) is 0 Å². The molecule has 7 nitrogen and oxygen atoms in total. The van der Waals surface area contributed by atoms with Gasteiger partial charge in [0.25, 0.3) is 0 Å². The highest BCUT2D eigenvalue weighted by Crippen LogP contribution is 2.08. The zero-order chi connectivity index (χ0) is 12.2. The number of carbonyl (C=O) groups excluding carboxylic acids is 2. The van der Waals surface area contributed by atoms with Crippen LogP contribution in [0.4, 0.5) is 0 Å². The van der Waals surface area contributed by atoms with Crippen LogP contribution in [0.15, 0.2) is 0 Å². The van der Waals surface area contributed by atoms with Crippen LogP contribution in [0.3, 0.4) is 0 Å². The number of esters is 1. The van der Waals surface area contributed by atoms with Crippen LogP contribution in [-0.2, 0) is 24.3 Å². The van der Waals surface area contributed by atoms with Crippen LogP contribution < -0.4 is 5.73 Å². The molecule has 0 aromatic heterocycles. The minimum Gasteiger partial charge on any atom is -0.468 e. The Kier molecular flexibility index (Phi) is 4.69. The minimum absolute atomic E-state index is 0.407. The van der Waals surface area contributed by atoms with Crippen molar-refractivity contribution in [3.05, 3.63) is 0 Å². The number of carbonyl (C=O) groups is 2. The van der Waals surface area contributed by atoms with E-state index >= 15 is 0 Å². The van der Waals surface area contributed by atoms with Gasteiger partial charge in [-0.2, -0.15) is 4.31 Å². The van der Waals surface area contributed by atoms with Gasteiger partial charge < -0.3 is 10.5 Å². The van der Waals surface area contributed by atoms with Crippen molar-refractivity contribution in [2.24, 2.45) is 5.73 Å². The number of hydrogen-bond donors (Lipinski definition) is 1. The molecule has 0 spiro atoms. The Morgan fingerprint density at radius 2 is 1.93 bits per heavy atom. The lowest BCUT2D eigenvalue weighted by atomic mass is 10.2. The number of ether oxygens (including phenoxy) is 1. The maximum atomic E-state index is 11.2. The van der Waals surface area contributed by atoms with Crippen LogP contribution in [0.1, 0.15) is 6.42 Å². The van der Waals surface area contributed by atoms with E-state index in [2.05, 4.69) is 4.74 Å². The lowest BCUT2D eigenvalue weighted by Crippen LogP contribution is -2.44. The van der Waals surface area contributed by atoms with E-state index in [1.165, 1.54) is 7.05 Å². The Balaban J connectivity index is 4.94. The molecule has 1 atom stereocenters. The van der Waals surface area contributed by atoms with Crippen LogP contribution in [-0.4, -0.2) is 51.1 Å². The number of amides is 1. The third-order valence-corrected chi connectivity index (χ3v) is 3.13. The Bertz CT molecular complexity index is 350. The first kappa shape index (κ1) is 13.8. The summed E-state index contributed by atoms with van der Waals surface area (Å²) in [6, 6.07) is -1.21. The molecular weight excluding hydrogens is 224 g/mol. The average molecular weight is 238 g/mol. The molecule has 0 aliphatic rings. The second-order valence-electron chi connectivity index (χ2n) is 2.99. The molecule has 0 unspecified atom stereocenters. The number of likely N-dealkylation sites (N-methyl/N-ethyl adjacent to an activating group) is 1. The van der Waals surface area contributed by atoms with Gasteiger partial charge in [0, 0.05) is 7.05 Å². The van der Waals surface area contributed by atoms with Crippen LogP contribution in [0.25, 0.3) is 0 Å². The quantitative estimate of drug-likeness (QED) is 0.574. The summed E-state index contributed by atoms with van der Waals surface area (Å²) in [5, 5.41) is 0. The van der Waals surface area contributed by atoms with Gasteiger partial charge in [0.05, 0.1) is 19.8 Å². The zero-order valence-corrected chi connectivity index (χ0v) is 9.58. The van der Waals surface area contributed by atoms with Crippen LogP contribution in [0, 0.1) is 0 Å². The number of methoxy groups -OCH3 is 1. The minimum atomic E-state index is -3.58. The highest BCUT2D eigenvalue weighted by molar-refractivity contribution is 7.88. The van der Waals surface area contributed by atoms with Crippen molar-refractivity contribution >= 4 is 21.9 Å². The van der Waals surface area contributed by atoms with Crippen molar-refractivity contribution in [3.8, 4) is 0 Å². The molecule has 2 N–H and O–H groups in total. The van der Waals surface area contributed by atoms with E-state index in [0.717, 1.165) is 17.7 Å². The lowest BCUT2D eigenvalue weighted by molar-refractivity contribution is -0.146. The van der Waals surface area contributed by atoms with E-state index in [1.807, 2.05) is 0 Å². The molecule has 15 heavy (non-hydrogen) atoms. The van der Waals surface area contributed by atoms with Gasteiger partial charge in [-0.3, -0.25) is 9.59 Å². The fourth-order valence-corrected chi connectivity index (χ4v) is 1.54. The van der Waals surface area contributed by atoms with Gasteiger partial charge >= 0.3 is 5.97 Å². The Labute approximate surface area is 88.2 Å². The van der Waals surface area contributed by atoms with Crippen molar-refractivity contribution in [2.45, 2.75) is 12.5 Å². The lowest BCUT2D eigenvalue weighted by Gasteiger charge is -2.22. The van der Waals surface area contributed by atoms with Crippen LogP contribution in [0.5, 0.6) is 0 Å². The van der Waals surface area contributed by atoms with Crippen LogP contribution >= 0.6 is 0 Å². The molecule has 0 radical (unpaired) electrons. The molecular formula is C7H14N2O5S. The summed E-state index contributed by atoms with van der Waals surface area (Å²) in [6.07, 6.45) is 0.514. The van der Waals surface area contributed by atoms with Crippen LogP contribution in [0.2, 0.25) is 0 Å². The predicted octanol–water partition coefficient (Wildman–Crippen LogP) is -1.71. The fourth-order valence-electron chi connectivity index (χ4n) is 0.918. The maximum Gasteiger partial charge on any atom is 0.324 e. The Morgan fingerprint density at radius 1 is 1.47 bits per heavy atom. The van der Waals surface area contributed by atoms with Crippen molar-refractivity contribution < 1.29 is 22.7 Å². The summed E-state index contributed by atoms with van der Waals surface area (Å²) in [5.74, 6) is -1.59. The van der Waals surface area contributed by atoms with Gasteiger partial charge in [0.15, 0.2) is 0 Å². The van der Waals surface area contributed by atoms with Gasteiger partial charge in [0.1, 0.15) is 6.04 Å². The van der Waals surface area contributed by atoms with Crippen molar-refractivity contribution in [3.63, 3.8) is 0 Å². The number of rotatable bonds is 5. The smallest absolute Gasteiger partial charge is 0.324 e. The summed E-state index contributed by atoms with van der Waals surface area (Å²) in [5.41, 5.74) is 4.90. The molecule has 1 amide bonds. The van der Waals surface area contributed by atoms with Gasteiger partial charge in [0.2, 0.25) is 15.9 Å². The molecule has 0 aromatic rings. The van der Waals surface area contributed by atoms with E-state index in [1.54, 1.807) is 0 Å². The summed E-state index contributed by atoms with van der Waals surface area (Å²) in [7, 11) is -1.29. The number of nitrogens with two attached hydrogens (primary N) is 1. The molecule has 0 aromatic carbocycles. The summed E-state index contributed by atoms with van der Waals surface area (Å²) >= 11 is 0. The number of hydrogen-bond acceptors (Lipinski definition) is 5. The summed E-state index contributed by atoms with van der Waals surface area (Å²) in [4.78, 5) is 21.9. The first-order valence-electron chi connectivity index (χ1n) is 3.99. The molecule has 0 heterocycles. The van der Waals surface area contributed by atoms with E-state index in [4.69, 9.17) is 5.73 Å². The van der Waals surface area contributed by atoms with Gasteiger partial charge in [-0.05, 0) is 0 Å². The normalized spacial score (nSPS) is 13.6. The SMILES string of the molecule is COC(=O)[C@H](CC(N)=O)N(C)S(C)(=O)=O. The monoisotopic (exact) mass is 238 g/mol. The molecule has 0 saturated carbocycles. The standard InChI is InChI=1S/C7H14N2O5S/c1-9(15(3,12)13)5(4-6(8)10)7(11)14-2/h5H,4H2,1-3H3,(H2,8,10)/t5-/m0/s1. The third kappa shape index (κ3) is 4.26. The fraction of sp³-hybridized carbons (Fsp3) is 0.714. The predicted molar refractivity (Wildman–Crippen MR) is 52.2 cm³/mol. The molecule has 88 valence electrons. The molecule has 0 aliphatic heterocycles. The third-order valence-electron chi connectivity index (χ3n) is 1.83. The van der Waals surface area contributed by atoms with E-state index in [0.29, 0.717) is 0 Å². The maximum absolute atomic E-state index is 11.2. The molecule has 0 bridgehead atoms. The largest absolute Gasteiger partial charge is 0.468 e. The Hall–Kier alpha value is -1.15. The second-order valence-corrected chi connectivity index (χ2v) is 5.03. The highest BCUT2D eigenvalue weighted by Gasteiger charge is 2.31. The number of primary amides is 1. The first-order valence-corrected chi connectivity index (χ1v) is 5.84. The Morgan fingerprint density at radius 3 is 2.20 bits per heavy atom. The molecule has 8 heteroatoms. The highest BCUT2D eigenvalue weighted by atomic mass is 32.2. The topological polar surface area (TPSA) is 107 Å². The first-order chi connectivity index (χ1) is 6.70. The van der Waals surface area contributed by atoms with Crippen molar-refractivity contribution in [1.29, 1.82) is 0 Å². The average Bonchev–Trinajstić information content (AvgIpc) is 2.10. The molecule has 0 rings (SSSR count).